The van der Waals surface area contributed by atoms with Gasteiger partial charge in [-0.3, -0.25) is 14.6 Å². The van der Waals surface area contributed by atoms with Crippen molar-refractivity contribution in [3.63, 3.8) is 0 Å². The third-order valence-corrected chi connectivity index (χ3v) is 6.39. The zero-order valence-corrected chi connectivity index (χ0v) is 15.2. The quantitative estimate of drug-likeness (QED) is 0.914. The fraction of sp³-hybridized carbons (Fsp3) is 0.667. The number of amides is 1. The first kappa shape index (κ1) is 17.0. The minimum Gasteiger partial charge on any atom is -0.352 e. The van der Waals surface area contributed by atoms with E-state index in [9.17, 15) is 4.79 Å². The van der Waals surface area contributed by atoms with Crippen molar-refractivity contribution in [2.75, 3.05) is 26.2 Å². The standard InChI is InChI=1S/C21H31N3O/c25-21(22-19-11-15-24-12-5-4-8-20(19)24)18-9-13-23(14-10-18)16-17-6-2-1-3-7-17/h1-3,6-7,18-20H,4-5,8-16H2,(H,22,25)/t19-,20+/m0/s1. The maximum absolute atomic E-state index is 12.7. The lowest BCUT2D eigenvalue weighted by Crippen LogP contribution is -2.49. The zero-order valence-electron chi connectivity index (χ0n) is 15.2. The summed E-state index contributed by atoms with van der Waals surface area (Å²) in [5.74, 6) is 0.529. The van der Waals surface area contributed by atoms with Crippen LogP contribution in [0.2, 0.25) is 0 Å². The number of hydrogen-bond donors (Lipinski definition) is 1. The van der Waals surface area contributed by atoms with Crippen molar-refractivity contribution in [3.05, 3.63) is 35.9 Å². The maximum Gasteiger partial charge on any atom is 0.223 e. The van der Waals surface area contributed by atoms with E-state index < -0.39 is 0 Å². The maximum atomic E-state index is 12.7. The van der Waals surface area contributed by atoms with Crippen LogP contribution in [0, 0.1) is 5.92 Å². The second kappa shape index (κ2) is 7.88. The lowest BCUT2D eigenvalue weighted by molar-refractivity contribution is -0.127. The predicted molar refractivity (Wildman–Crippen MR) is 100 cm³/mol. The molecule has 3 heterocycles. The van der Waals surface area contributed by atoms with E-state index in [0.29, 0.717) is 18.0 Å². The molecule has 4 rings (SSSR count). The Morgan fingerprint density at radius 2 is 1.76 bits per heavy atom. The molecular formula is C21H31N3O. The number of rotatable bonds is 4. The average molecular weight is 341 g/mol. The monoisotopic (exact) mass is 341 g/mol. The molecule has 0 aromatic heterocycles. The van der Waals surface area contributed by atoms with Crippen LogP contribution in [0.3, 0.4) is 0 Å². The van der Waals surface area contributed by atoms with E-state index in [0.717, 1.165) is 38.9 Å². The molecule has 3 fully saturated rings. The Bertz CT molecular complexity index is 568. The van der Waals surface area contributed by atoms with Crippen LogP contribution in [0.1, 0.15) is 44.1 Å². The van der Waals surface area contributed by atoms with Gasteiger partial charge in [-0.1, -0.05) is 36.8 Å². The molecule has 1 amide bonds. The lowest BCUT2D eigenvalue weighted by Gasteiger charge is -2.34. The van der Waals surface area contributed by atoms with Gasteiger partial charge in [-0.05, 0) is 57.3 Å². The van der Waals surface area contributed by atoms with E-state index in [2.05, 4.69) is 45.4 Å². The molecule has 25 heavy (non-hydrogen) atoms. The Morgan fingerprint density at radius 3 is 2.56 bits per heavy atom. The number of nitrogens with one attached hydrogen (secondary N) is 1. The molecule has 3 saturated heterocycles. The van der Waals surface area contributed by atoms with Crippen molar-refractivity contribution in [2.45, 2.75) is 57.2 Å². The smallest absolute Gasteiger partial charge is 0.223 e. The summed E-state index contributed by atoms with van der Waals surface area (Å²) in [6.07, 6.45) is 7.06. The number of likely N-dealkylation sites (tertiary alicyclic amines) is 1. The van der Waals surface area contributed by atoms with Crippen molar-refractivity contribution < 1.29 is 4.79 Å². The molecule has 0 aliphatic carbocycles. The van der Waals surface area contributed by atoms with Crippen LogP contribution < -0.4 is 5.32 Å². The Balaban J connectivity index is 1.24. The Labute approximate surface area is 151 Å². The van der Waals surface area contributed by atoms with Gasteiger partial charge in [-0.15, -0.1) is 0 Å². The third-order valence-electron chi connectivity index (χ3n) is 6.39. The van der Waals surface area contributed by atoms with Crippen LogP contribution in [0.4, 0.5) is 0 Å². The van der Waals surface area contributed by atoms with Crippen LogP contribution >= 0.6 is 0 Å². The second-order valence-electron chi connectivity index (χ2n) is 8.04. The number of hydrogen-bond acceptors (Lipinski definition) is 3. The van der Waals surface area contributed by atoms with E-state index in [4.69, 9.17) is 0 Å². The highest BCUT2D eigenvalue weighted by Crippen LogP contribution is 2.28. The highest BCUT2D eigenvalue weighted by molar-refractivity contribution is 5.79. The third kappa shape index (κ3) is 4.06. The Kier molecular flexibility index (Phi) is 5.37. The number of benzene rings is 1. The first-order valence-corrected chi connectivity index (χ1v) is 10.1. The number of carbonyl (C=O) groups is 1. The van der Waals surface area contributed by atoms with Crippen LogP contribution in [0.25, 0.3) is 0 Å². The van der Waals surface area contributed by atoms with Gasteiger partial charge in [0, 0.05) is 31.1 Å². The molecule has 3 aliphatic heterocycles. The molecule has 0 saturated carbocycles. The summed E-state index contributed by atoms with van der Waals surface area (Å²) >= 11 is 0. The van der Waals surface area contributed by atoms with Crippen LogP contribution in [0.15, 0.2) is 30.3 Å². The molecule has 1 aromatic carbocycles. The molecule has 0 spiro atoms. The summed E-state index contributed by atoms with van der Waals surface area (Å²) in [4.78, 5) is 17.8. The lowest BCUT2D eigenvalue weighted by atomic mass is 9.93. The SMILES string of the molecule is O=C(N[C@H]1CCN2CCCC[C@H]12)C1CCN(Cc2ccccc2)CC1. The van der Waals surface area contributed by atoms with Gasteiger partial charge in [0.1, 0.15) is 0 Å². The molecule has 1 N–H and O–H groups in total. The van der Waals surface area contributed by atoms with Crippen molar-refractivity contribution in [2.24, 2.45) is 5.92 Å². The van der Waals surface area contributed by atoms with Gasteiger partial charge in [0.05, 0.1) is 0 Å². The summed E-state index contributed by atoms with van der Waals surface area (Å²) < 4.78 is 0. The fourth-order valence-corrected chi connectivity index (χ4v) is 4.91. The topological polar surface area (TPSA) is 35.6 Å². The first-order valence-electron chi connectivity index (χ1n) is 10.1. The predicted octanol–water partition coefficient (Wildman–Crippen LogP) is 2.64. The van der Waals surface area contributed by atoms with Crippen LogP contribution in [0.5, 0.6) is 0 Å². The highest BCUT2D eigenvalue weighted by atomic mass is 16.2. The van der Waals surface area contributed by atoms with Gasteiger partial charge in [0.2, 0.25) is 5.91 Å². The number of nitrogens with zero attached hydrogens (tertiary/aromatic N) is 2. The summed E-state index contributed by atoms with van der Waals surface area (Å²) in [6.45, 7) is 5.48. The van der Waals surface area contributed by atoms with Gasteiger partial charge in [0.25, 0.3) is 0 Å². The number of fused-ring (bicyclic) bond motifs is 1. The largest absolute Gasteiger partial charge is 0.352 e. The minimum atomic E-state index is 0.213. The van der Waals surface area contributed by atoms with E-state index >= 15 is 0 Å². The van der Waals surface area contributed by atoms with Crippen molar-refractivity contribution in [3.8, 4) is 0 Å². The molecular weight excluding hydrogens is 310 g/mol. The molecule has 4 heteroatoms. The highest BCUT2D eigenvalue weighted by Gasteiger charge is 2.37. The molecule has 0 radical (unpaired) electrons. The van der Waals surface area contributed by atoms with Gasteiger partial charge in [0.15, 0.2) is 0 Å². The van der Waals surface area contributed by atoms with Crippen LogP contribution in [-0.4, -0.2) is 54.0 Å². The fourth-order valence-electron chi connectivity index (χ4n) is 4.91. The average Bonchev–Trinajstić information content (AvgIpc) is 3.06. The van der Waals surface area contributed by atoms with Crippen molar-refractivity contribution in [1.29, 1.82) is 0 Å². The number of carbonyl (C=O) groups excluding carboxylic acids is 1. The molecule has 4 nitrogen and oxygen atoms in total. The zero-order chi connectivity index (χ0) is 17.1. The van der Waals surface area contributed by atoms with Gasteiger partial charge >= 0.3 is 0 Å². The van der Waals surface area contributed by atoms with E-state index in [-0.39, 0.29) is 5.92 Å². The van der Waals surface area contributed by atoms with Gasteiger partial charge in [-0.2, -0.15) is 0 Å². The molecule has 0 unspecified atom stereocenters. The summed E-state index contributed by atoms with van der Waals surface area (Å²) in [6, 6.07) is 11.7. The summed E-state index contributed by atoms with van der Waals surface area (Å²) in [7, 11) is 0. The van der Waals surface area contributed by atoms with Crippen LogP contribution in [-0.2, 0) is 11.3 Å². The first-order chi connectivity index (χ1) is 12.3. The van der Waals surface area contributed by atoms with E-state index in [1.165, 1.54) is 37.9 Å². The Morgan fingerprint density at radius 1 is 0.960 bits per heavy atom. The molecule has 3 aliphatic rings. The normalized spacial score (nSPS) is 28.6. The van der Waals surface area contributed by atoms with Crippen molar-refractivity contribution >= 4 is 5.91 Å². The van der Waals surface area contributed by atoms with Crippen molar-refractivity contribution in [1.82, 2.24) is 15.1 Å². The summed E-state index contributed by atoms with van der Waals surface area (Å²) in [5, 5.41) is 3.41. The van der Waals surface area contributed by atoms with E-state index in [1.54, 1.807) is 0 Å². The van der Waals surface area contributed by atoms with Gasteiger partial charge < -0.3 is 5.32 Å². The molecule has 1 aromatic rings. The Hall–Kier alpha value is -1.39. The molecule has 0 bridgehead atoms. The van der Waals surface area contributed by atoms with Gasteiger partial charge in [-0.25, -0.2) is 0 Å². The molecule has 2 atom stereocenters. The molecule has 136 valence electrons. The number of piperidine rings is 2. The minimum absolute atomic E-state index is 0.213. The summed E-state index contributed by atoms with van der Waals surface area (Å²) in [5.41, 5.74) is 1.37. The second-order valence-corrected chi connectivity index (χ2v) is 8.04. The van der Waals surface area contributed by atoms with E-state index in [1.807, 2.05) is 0 Å².